The van der Waals surface area contributed by atoms with Crippen LogP contribution in [0.2, 0.25) is 0 Å². The van der Waals surface area contributed by atoms with Crippen LogP contribution >= 0.6 is 0 Å². The van der Waals surface area contributed by atoms with Crippen LogP contribution in [0.25, 0.3) is 22.2 Å². The van der Waals surface area contributed by atoms with Crippen LogP contribution in [0, 0.1) is 12.7 Å². The van der Waals surface area contributed by atoms with Crippen molar-refractivity contribution in [3.8, 4) is 11.3 Å². The highest BCUT2D eigenvalue weighted by Gasteiger charge is 2.51. The van der Waals surface area contributed by atoms with Gasteiger partial charge in [-0.1, -0.05) is 13.0 Å². The van der Waals surface area contributed by atoms with Gasteiger partial charge in [-0.15, -0.1) is 0 Å². The minimum Gasteiger partial charge on any atom is -0.357 e. The van der Waals surface area contributed by atoms with E-state index in [9.17, 15) is 22.4 Å². The van der Waals surface area contributed by atoms with Crippen LogP contribution in [-0.4, -0.2) is 76.0 Å². The van der Waals surface area contributed by atoms with Gasteiger partial charge in [0.25, 0.3) is 0 Å². The molecule has 1 aromatic carbocycles. The summed E-state index contributed by atoms with van der Waals surface area (Å²) in [7, 11) is -3.77. The predicted molar refractivity (Wildman–Crippen MR) is 154 cm³/mol. The Balaban J connectivity index is 1.28. The van der Waals surface area contributed by atoms with Gasteiger partial charge in [-0.3, -0.25) is 14.5 Å². The van der Waals surface area contributed by atoms with Crippen molar-refractivity contribution < 1.29 is 22.4 Å². The van der Waals surface area contributed by atoms with E-state index >= 15 is 0 Å². The quantitative estimate of drug-likeness (QED) is 0.241. The molecule has 3 atom stereocenters. The minimum atomic E-state index is -3.77. The number of sulfone groups is 1. The molecule has 0 radical (unpaired) electrons. The van der Waals surface area contributed by atoms with Gasteiger partial charge in [0.2, 0.25) is 17.8 Å². The third kappa shape index (κ3) is 4.75. The van der Waals surface area contributed by atoms with E-state index in [4.69, 9.17) is 0 Å². The van der Waals surface area contributed by atoms with Gasteiger partial charge in [0.1, 0.15) is 4.90 Å². The SMILES string of the molecule is CC[C@H](C(=O)Nc1nccc2c(-c3nc(Nc4cccc(S(C)(=O)=O)c4F)ncc3C)c[nH]c12)N1C2CNC(=O)C1C2. The van der Waals surface area contributed by atoms with E-state index in [1.165, 1.54) is 18.2 Å². The number of nitrogens with zero attached hydrogens (tertiary/aromatic N) is 4. The van der Waals surface area contributed by atoms with Gasteiger partial charge < -0.3 is 20.9 Å². The van der Waals surface area contributed by atoms with Gasteiger partial charge in [-0.05, 0) is 43.5 Å². The summed E-state index contributed by atoms with van der Waals surface area (Å²) in [5.74, 6) is -0.773. The molecule has 0 spiro atoms. The van der Waals surface area contributed by atoms with Crippen molar-refractivity contribution in [2.75, 3.05) is 23.4 Å². The number of rotatable bonds is 8. The summed E-state index contributed by atoms with van der Waals surface area (Å²) in [4.78, 5) is 43.6. The highest BCUT2D eigenvalue weighted by Crippen LogP contribution is 2.35. The number of aromatic amines is 1. The number of aromatic nitrogens is 4. The molecule has 6 rings (SSSR count). The van der Waals surface area contributed by atoms with Crippen molar-refractivity contribution in [2.24, 2.45) is 0 Å². The van der Waals surface area contributed by atoms with Gasteiger partial charge in [-0.25, -0.2) is 27.8 Å². The summed E-state index contributed by atoms with van der Waals surface area (Å²) in [5, 5.41) is 9.34. The number of carbonyl (C=O) groups excluding carboxylic acids is 2. The number of halogens is 1. The van der Waals surface area contributed by atoms with E-state index in [-0.39, 0.29) is 35.5 Å². The fourth-order valence-electron chi connectivity index (χ4n) is 5.72. The lowest BCUT2D eigenvalue weighted by Gasteiger charge is -2.54. The van der Waals surface area contributed by atoms with Gasteiger partial charge in [-0.2, -0.15) is 0 Å². The lowest BCUT2D eigenvalue weighted by atomic mass is 9.85. The second-order valence-electron chi connectivity index (χ2n) is 10.5. The second-order valence-corrected chi connectivity index (χ2v) is 12.5. The molecule has 2 unspecified atom stereocenters. The normalized spacial score (nSPS) is 19.2. The Labute approximate surface area is 241 Å². The lowest BCUT2D eigenvalue weighted by molar-refractivity contribution is -0.150. The third-order valence-corrected chi connectivity index (χ3v) is 8.93. The Kier molecular flexibility index (Phi) is 6.89. The Bertz CT molecular complexity index is 1840. The number of anilines is 3. The standard InChI is InChI=1S/C28H29FN8O4S/c1-4-19(37-15-10-20(37)26(38)32-12-15)27(39)36-25-24-16(8-9-30-25)17(13-31-24)23-14(2)11-33-28(35-23)34-18-6-5-7-21(22(18)29)42(3,40)41/h5-9,11,13,15,19-20,31H,4,10,12H2,1-3H3,(H,32,38)(H,30,36,39)(H,33,34,35)/t15?,19-,20?/m1/s1. The first kappa shape index (κ1) is 27.7. The zero-order valence-corrected chi connectivity index (χ0v) is 23.9. The minimum absolute atomic E-state index is 0.0436. The van der Waals surface area contributed by atoms with Crippen LogP contribution in [0.15, 0.2) is 47.8 Å². The molecule has 42 heavy (non-hydrogen) atoms. The maximum atomic E-state index is 14.9. The Hall–Kier alpha value is -4.43. The van der Waals surface area contributed by atoms with E-state index in [2.05, 4.69) is 35.9 Å². The number of carbonyl (C=O) groups is 2. The number of amides is 2. The summed E-state index contributed by atoms with van der Waals surface area (Å²) in [6.07, 6.45) is 7.15. The van der Waals surface area contributed by atoms with Crippen molar-refractivity contribution >= 4 is 50.0 Å². The predicted octanol–water partition coefficient (Wildman–Crippen LogP) is 2.90. The monoisotopic (exact) mass is 592 g/mol. The molecule has 3 aromatic heterocycles. The number of pyridine rings is 1. The number of fused-ring (bicyclic) bond motifs is 3. The number of hydrogen-bond acceptors (Lipinski definition) is 9. The van der Waals surface area contributed by atoms with E-state index in [0.29, 0.717) is 35.6 Å². The number of benzene rings is 1. The van der Waals surface area contributed by atoms with Crippen molar-refractivity contribution in [1.29, 1.82) is 0 Å². The highest BCUT2D eigenvalue weighted by molar-refractivity contribution is 7.90. The first-order valence-corrected chi connectivity index (χ1v) is 15.4. The maximum Gasteiger partial charge on any atom is 0.242 e. The summed E-state index contributed by atoms with van der Waals surface area (Å²) in [5.41, 5.74) is 2.51. The van der Waals surface area contributed by atoms with Crippen molar-refractivity contribution in [3.05, 3.63) is 54.2 Å². The Morgan fingerprint density at radius 2 is 2.07 bits per heavy atom. The van der Waals surface area contributed by atoms with Gasteiger partial charge in [0.05, 0.1) is 29.0 Å². The van der Waals surface area contributed by atoms with Crippen molar-refractivity contribution in [1.82, 2.24) is 30.2 Å². The molecule has 2 fully saturated rings. The van der Waals surface area contributed by atoms with E-state index < -0.39 is 26.6 Å². The number of H-pyrrole nitrogens is 1. The number of aryl methyl sites for hydroxylation is 1. The molecule has 2 aliphatic heterocycles. The molecule has 4 aromatic rings. The average molecular weight is 593 g/mol. The molecule has 2 bridgehead atoms. The summed E-state index contributed by atoms with van der Waals surface area (Å²) in [6, 6.07) is 5.23. The first-order chi connectivity index (χ1) is 20.1. The average Bonchev–Trinajstić information content (AvgIpc) is 3.37. The van der Waals surface area contributed by atoms with Crippen molar-refractivity contribution in [3.63, 3.8) is 0 Å². The fourth-order valence-corrected chi connectivity index (χ4v) is 6.48. The zero-order valence-electron chi connectivity index (χ0n) is 23.1. The molecular formula is C28H29FN8O4S. The fraction of sp³-hybridized carbons (Fsp3) is 0.321. The maximum absolute atomic E-state index is 14.9. The molecule has 2 aliphatic rings. The van der Waals surface area contributed by atoms with Crippen LogP contribution in [0.1, 0.15) is 25.3 Å². The molecule has 12 nitrogen and oxygen atoms in total. The van der Waals surface area contributed by atoms with Crippen LogP contribution in [-0.2, 0) is 19.4 Å². The molecule has 2 saturated heterocycles. The molecule has 2 amide bonds. The molecule has 4 N–H and O–H groups in total. The number of nitrogens with one attached hydrogen (secondary N) is 4. The van der Waals surface area contributed by atoms with E-state index in [1.807, 2.05) is 18.7 Å². The van der Waals surface area contributed by atoms with Crippen LogP contribution < -0.4 is 16.0 Å². The smallest absolute Gasteiger partial charge is 0.242 e. The third-order valence-electron chi connectivity index (χ3n) is 7.82. The topological polar surface area (TPSA) is 162 Å². The van der Waals surface area contributed by atoms with Gasteiger partial charge >= 0.3 is 0 Å². The molecule has 5 heterocycles. The molecule has 218 valence electrons. The summed E-state index contributed by atoms with van der Waals surface area (Å²) < 4.78 is 38.8. The Morgan fingerprint density at radius 1 is 1.26 bits per heavy atom. The molecule has 14 heteroatoms. The van der Waals surface area contributed by atoms with Gasteiger partial charge in [0.15, 0.2) is 21.5 Å². The summed E-state index contributed by atoms with van der Waals surface area (Å²) >= 11 is 0. The zero-order chi connectivity index (χ0) is 29.8. The highest BCUT2D eigenvalue weighted by atomic mass is 32.2. The van der Waals surface area contributed by atoms with Crippen LogP contribution in [0.4, 0.5) is 21.8 Å². The van der Waals surface area contributed by atoms with E-state index in [0.717, 1.165) is 23.6 Å². The number of hydrogen-bond donors (Lipinski definition) is 4. The Morgan fingerprint density at radius 3 is 2.79 bits per heavy atom. The largest absolute Gasteiger partial charge is 0.357 e. The molecule has 0 aliphatic carbocycles. The lowest BCUT2D eigenvalue weighted by Crippen LogP contribution is -2.74. The van der Waals surface area contributed by atoms with Crippen LogP contribution in [0.3, 0.4) is 0 Å². The number of piperazine rings is 1. The van der Waals surface area contributed by atoms with Gasteiger partial charge in [0, 0.05) is 48.4 Å². The number of piperidine rings is 1. The van der Waals surface area contributed by atoms with Crippen molar-refractivity contribution in [2.45, 2.75) is 49.7 Å². The molecular weight excluding hydrogens is 563 g/mol. The molecule has 0 saturated carbocycles. The van der Waals surface area contributed by atoms with Crippen LogP contribution in [0.5, 0.6) is 0 Å². The van der Waals surface area contributed by atoms with E-state index in [1.54, 1.807) is 24.7 Å². The first-order valence-electron chi connectivity index (χ1n) is 13.5. The summed E-state index contributed by atoms with van der Waals surface area (Å²) in [6.45, 7) is 4.29. The second kappa shape index (κ2) is 10.4.